The summed E-state index contributed by atoms with van der Waals surface area (Å²) < 4.78 is 11.4. The average molecular weight is 723 g/mol. The van der Waals surface area contributed by atoms with E-state index in [2.05, 4.69) is 40.8 Å². The average Bonchev–Trinajstić information content (AvgIpc) is 3.12. The van der Waals surface area contributed by atoms with Gasteiger partial charge in [0.25, 0.3) is 0 Å². The highest BCUT2D eigenvalue weighted by Gasteiger charge is 2.25. The molecule has 0 aromatic carbocycles. The van der Waals surface area contributed by atoms with Crippen molar-refractivity contribution in [2.24, 2.45) is 0 Å². The Kier molecular flexibility index (Phi) is 30.5. The first kappa shape index (κ1) is 46.2. The lowest BCUT2D eigenvalue weighted by molar-refractivity contribution is -0.145. The molecular weight excluding hydrogens is 646 g/mol. The molecule has 1 aromatic heterocycles. The Morgan fingerprint density at radius 3 is 1.36 bits per heavy atom. The van der Waals surface area contributed by atoms with Crippen LogP contribution in [0, 0.1) is 0 Å². The molecule has 50 heavy (non-hydrogen) atoms. The first-order valence-electron chi connectivity index (χ1n) is 20.8. The van der Waals surface area contributed by atoms with Crippen molar-refractivity contribution in [2.45, 2.75) is 187 Å². The monoisotopic (exact) mass is 722 g/mol. The number of carbonyl (C=O) groups excluding carboxylic acids is 2. The fourth-order valence-corrected chi connectivity index (χ4v) is 7.09. The standard InChI is InChI=1S/C42H75N3O4.ClH/c1-3-5-7-9-11-13-15-17-19-21-23-25-41(46)48-37-35-45(40-29-33-44(34-30-40)39-27-31-43-32-28-39)36-38-49-42(47)26-24-22-20-18-16-14-12-10-8-6-4-2;/h27-28,31-32,40H,3-26,29-30,33-38H2,1-2H3;1H. The number of pyridine rings is 1. The molecule has 0 spiro atoms. The zero-order chi connectivity index (χ0) is 35.0. The number of piperidine rings is 1. The van der Waals surface area contributed by atoms with E-state index >= 15 is 0 Å². The summed E-state index contributed by atoms with van der Waals surface area (Å²) in [6.07, 6.45) is 34.8. The van der Waals surface area contributed by atoms with E-state index in [4.69, 9.17) is 9.47 Å². The van der Waals surface area contributed by atoms with E-state index in [1.54, 1.807) is 0 Å². The summed E-state index contributed by atoms with van der Waals surface area (Å²) in [5, 5.41) is 0. The molecule has 1 aromatic rings. The smallest absolute Gasteiger partial charge is 0.305 e. The molecule has 0 unspecified atom stereocenters. The highest BCUT2D eigenvalue weighted by molar-refractivity contribution is 5.85. The molecule has 1 saturated heterocycles. The lowest BCUT2D eigenvalue weighted by Crippen LogP contribution is -2.47. The second-order valence-corrected chi connectivity index (χ2v) is 14.5. The number of anilines is 1. The third-order valence-electron chi connectivity index (χ3n) is 10.3. The van der Waals surface area contributed by atoms with Crippen LogP contribution in [0.5, 0.6) is 0 Å². The zero-order valence-corrected chi connectivity index (χ0v) is 33.2. The number of carbonyl (C=O) groups is 2. The molecule has 0 bridgehead atoms. The molecule has 7 nitrogen and oxygen atoms in total. The Balaban J connectivity index is 0.0000125. The highest BCUT2D eigenvalue weighted by atomic mass is 35.5. The van der Waals surface area contributed by atoms with Crippen molar-refractivity contribution in [3.05, 3.63) is 24.5 Å². The van der Waals surface area contributed by atoms with Crippen molar-refractivity contribution in [3.63, 3.8) is 0 Å². The number of aromatic nitrogens is 1. The maximum atomic E-state index is 12.5. The lowest BCUT2D eigenvalue weighted by Gasteiger charge is -2.39. The summed E-state index contributed by atoms with van der Waals surface area (Å²) in [4.78, 5) is 33.9. The molecule has 1 aliphatic rings. The van der Waals surface area contributed by atoms with Crippen molar-refractivity contribution < 1.29 is 19.1 Å². The Hall–Kier alpha value is -1.86. The molecular formula is C42H76ClN3O4. The van der Waals surface area contributed by atoms with Gasteiger partial charge in [0.05, 0.1) is 0 Å². The van der Waals surface area contributed by atoms with E-state index < -0.39 is 0 Å². The van der Waals surface area contributed by atoms with Crippen LogP contribution in [0.15, 0.2) is 24.5 Å². The Morgan fingerprint density at radius 1 is 0.620 bits per heavy atom. The Labute approximate surface area is 313 Å². The van der Waals surface area contributed by atoms with Crippen LogP contribution < -0.4 is 4.90 Å². The molecule has 1 fully saturated rings. The summed E-state index contributed by atoms with van der Waals surface area (Å²) in [6, 6.07) is 4.53. The van der Waals surface area contributed by atoms with Crippen LogP contribution in [0.3, 0.4) is 0 Å². The van der Waals surface area contributed by atoms with Gasteiger partial charge in [0.2, 0.25) is 0 Å². The van der Waals surface area contributed by atoms with Crippen LogP contribution in [0.4, 0.5) is 5.69 Å². The number of hydrogen-bond donors (Lipinski definition) is 0. The van der Waals surface area contributed by atoms with E-state index in [9.17, 15) is 9.59 Å². The van der Waals surface area contributed by atoms with Gasteiger partial charge in [-0.25, -0.2) is 0 Å². The number of hydrogen-bond acceptors (Lipinski definition) is 7. The number of nitrogens with zero attached hydrogens (tertiary/aromatic N) is 3. The molecule has 0 radical (unpaired) electrons. The third-order valence-corrected chi connectivity index (χ3v) is 10.3. The van der Waals surface area contributed by atoms with Gasteiger partial charge < -0.3 is 14.4 Å². The summed E-state index contributed by atoms with van der Waals surface area (Å²) in [6.45, 7) is 8.64. The van der Waals surface area contributed by atoms with Gasteiger partial charge >= 0.3 is 11.9 Å². The predicted octanol–water partition coefficient (Wildman–Crippen LogP) is 11.3. The molecule has 0 atom stereocenters. The van der Waals surface area contributed by atoms with Crippen LogP contribution in [-0.4, -0.2) is 67.3 Å². The summed E-state index contributed by atoms with van der Waals surface area (Å²) >= 11 is 0. The van der Waals surface area contributed by atoms with Crippen molar-refractivity contribution >= 4 is 30.0 Å². The van der Waals surface area contributed by atoms with Crippen LogP contribution >= 0.6 is 12.4 Å². The van der Waals surface area contributed by atoms with Crippen molar-refractivity contribution in [1.82, 2.24) is 9.88 Å². The molecule has 0 saturated carbocycles. The summed E-state index contributed by atoms with van der Waals surface area (Å²) in [7, 11) is 0. The molecule has 8 heteroatoms. The first-order valence-corrected chi connectivity index (χ1v) is 20.8. The maximum Gasteiger partial charge on any atom is 0.305 e. The number of esters is 2. The van der Waals surface area contributed by atoms with Crippen LogP contribution in [-0.2, 0) is 19.1 Å². The molecule has 2 rings (SSSR count). The van der Waals surface area contributed by atoms with E-state index in [0.29, 0.717) is 45.2 Å². The Morgan fingerprint density at radius 2 is 0.980 bits per heavy atom. The molecule has 0 N–H and O–H groups in total. The molecule has 290 valence electrons. The van der Waals surface area contributed by atoms with Gasteiger partial charge in [-0.1, -0.05) is 142 Å². The Bertz CT molecular complexity index is 870. The van der Waals surface area contributed by atoms with Gasteiger partial charge in [0.15, 0.2) is 0 Å². The first-order chi connectivity index (χ1) is 24.1. The number of ether oxygens (including phenoxy) is 2. The van der Waals surface area contributed by atoms with Gasteiger partial charge in [0.1, 0.15) is 13.2 Å². The highest BCUT2D eigenvalue weighted by Crippen LogP contribution is 2.22. The lowest BCUT2D eigenvalue weighted by atomic mass is 10.0. The van der Waals surface area contributed by atoms with Crippen molar-refractivity contribution in [1.29, 1.82) is 0 Å². The largest absolute Gasteiger partial charge is 0.464 e. The number of halogens is 1. The van der Waals surface area contributed by atoms with Crippen LogP contribution in [0.25, 0.3) is 0 Å². The van der Waals surface area contributed by atoms with E-state index in [0.717, 1.165) is 51.6 Å². The number of unbranched alkanes of at least 4 members (excludes halogenated alkanes) is 20. The van der Waals surface area contributed by atoms with Gasteiger partial charge in [-0.15, -0.1) is 12.4 Å². The fourth-order valence-electron chi connectivity index (χ4n) is 7.09. The van der Waals surface area contributed by atoms with Crippen LogP contribution in [0.2, 0.25) is 0 Å². The minimum atomic E-state index is -0.0817. The van der Waals surface area contributed by atoms with E-state index in [-0.39, 0.29) is 24.3 Å². The van der Waals surface area contributed by atoms with Gasteiger partial charge in [-0.3, -0.25) is 19.5 Å². The molecule has 1 aliphatic heterocycles. The van der Waals surface area contributed by atoms with E-state index in [1.807, 2.05) is 12.4 Å². The van der Waals surface area contributed by atoms with Crippen molar-refractivity contribution in [3.8, 4) is 0 Å². The van der Waals surface area contributed by atoms with Gasteiger partial charge in [0, 0.05) is 63.1 Å². The van der Waals surface area contributed by atoms with Gasteiger partial charge in [-0.2, -0.15) is 0 Å². The second-order valence-electron chi connectivity index (χ2n) is 14.5. The SMILES string of the molecule is CCCCCCCCCCCCCC(=O)OCCN(CCOC(=O)CCCCCCCCCCCCC)C1CCN(c2ccncc2)CC1.Cl. The maximum absolute atomic E-state index is 12.5. The summed E-state index contributed by atoms with van der Waals surface area (Å²) in [5.41, 5.74) is 1.22. The van der Waals surface area contributed by atoms with Crippen LogP contribution in [0.1, 0.15) is 181 Å². The quantitative estimate of drug-likeness (QED) is 0.0541. The summed E-state index contributed by atoms with van der Waals surface area (Å²) in [5.74, 6) is -0.163. The molecule has 2 heterocycles. The third kappa shape index (κ3) is 24.3. The zero-order valence-electron chi connectivity index (χ0n) is 32.4. The minimum absolute atomic E-state index is 0. The van der Waals surface area contributed by atoms with Gasteiger partial charge in [-0.05, 0) is 37.8 Å². The fraction of sp³-hybridized carbons (Fsp3) is 0.833. The second kappa shape index (κ2) is 33.0. The minimum Gasteiger partial charge on any atom is -0.464 e. The predicted molar refractivity (Wildman–Crippen MR) is 212 cm³/mol. The topological polar surface area (TPSA) is 72.0 Å². The molecule has 0 amide bonds. The van der Waals surface area contributed by atoms with Crippen molar-refractivity contribution in [2.75, 3.05) is 44.3 Å². The number of rotatable bonds is 32. The normalized spacial score (nSPS) is 13.4. The molecule has 0 aliphatic carbocycles. The van der Waals surface area contributed by atoms with E-state index in [1.165, 1.54) is 121 Å².